The number of nitrogens with one attached hydrogen (secondary N) is 1. The molecule has 1 aliphatic rings. The predicted octanol–water partition coefficient (Wildman–Crippen LogP) is 5.19. The minimum Gasteiger partial charge on any atom is -0.296 e. The number of rotatable bonds is 4. The van der Waals surface area contributed by atoms with Crippen LogP contribution in [0.4, 0.5) is 5.13 Å². The van der Waals surface area contributed by atoms with Crippen molar-refractivity contribution in [2.45, 2.75) is 25.7 Å². The van der Waals surface area contributed by atoms with Crippen molar-refractivity contribution >= 4 is 33.3 Å². The molecule has 138 valence electrons. The zero-order valence-corrected chi connectivity index (χ0v) is 16.2. The Hall–Kier alpha value is -3.12. The van der Waals surface area contributed by atoms with Crippen molar-refractivity contribution in [2.75, 3.05) is 5.32 Å². The van der Waals surface area contributed by atoms with E-state index in [4.69, 9.17) is 4.98 Å². The Kier molecular flexibility index (Phi) is 4.13. The molecule has 5 nitrogen and oxygen atoms in total. The second-order valence-corrected chi connectivity index (χ2v) is 8.03. The van der Waals surface area contributed by atoms with Crippen molar-refractivity contribution in [3.8, 4) is 11.3 Å². The lowest BCUT2D eigenvalue weighted by molar-refractivity contribution is 0.102. The summed E-state index contributed by atoms with van der Waals surface area (Å²) in [5.74, 6) is 0.350. The second kappa shape index (κ2) is 6.80. The van der Waals surface area contributed by atoms with Gasteiger partial charge in [-0.25, -0.2) is 4.98 Å². The van der Waals surface area contributed by atoms with Crippen LogP contribution in [0.25, 0.3) is 22.2 Å². The van der Waals surface area contributed by atoms with Gasteiger partial charge in [-0.3, -0.25) is 10.1 Å². The van der Waals surface area contributed by atoms with Crippen LogP contribution >= 0.6 is 11.3 Å². The number of pyridine rings is 1. The van der Waals surface area contributed by atoms with Crippen LogP contribution in [-0.4, -0.2) is 21.1 Å². The normalized spacial score (nSPS) is 13.6. The van der Waals surface area contributed by atoms with Crippen LogP contribution in [0.15, 0.2) is 54.6 Å². The van der Waals surface area contributed by atoms with E-state index in [2.05, 4.69) is 15.5 Å². The van der Waals surface area contributed by atoms with Gasteiger partial charge >= 0.3 is 0 Å². The first-order chi connectivity index (χ1) is 13.7. The topological polar surface area (TPSA) is 67.8 Å². The highest BCUT2D eigenvalue weighted by molar-refractivity contribution is 7.15. The van der Waals surface area contributed by atoms with E-state index < -0.39 is 0 Å². The molecular formula is C22H18N4OS. The molecule has 1 amide bonds. The number of fused-ring (bicyclic) bond motifs is 1. The summed E-state index contributed by atoms with van der Waals surface area (Å²) in [7, 11) is 0. The maximum Gasteiger partial charge on any atom is 0.258 e. The fraction of sp³-hybridized carbons (Fsp3) is 0.182. The van der Waals surface area contributed by atoms with Crippen LogP contribution in [0.1, 0.15) is 39.7 Å². The van der Waals surface area contributed by atoms with Crippen molar-refractivity contribution in [3.05, 3.63) is 70.7 Å². The summed E-state index contributed by atoms with van der Waals surface area (Å²) in [5.41, 5.74) is 4.10. The first-order valence-electron chi connectivity index (χ1n) is 9.30. The number of hydrogen-bond acceptors (Lipinski definition) is 5. The Bertz CT molecular complexity index is 1180. The fourth-order valence-electron chi connectivity index (χ4n) is 3.42. The van der Waals surface area contributed by atoms with Crippen LogP contribution in [-0.2, 0) is 0 Å². The van der Waals surface area contributed by atoms with Gasteiger partial charge in [-0.05, 0) is 31.4 Å². The van der Waals surface area contributed by atoms with E-state index in [1.807, 2.05) is 61.5 Å². The molecule has 2 heterocycles. The van der Waals surface area contributed by atoms with Crippen LogP contribution in [0.3, 0.4) is 0 Å². The van der Waals surface area contributed by atoms with E-state index in [9.17, 15) is 4.79 Å². The third kappa shape index (κ3) is 3.05. The molecule has 4 aromatic rings. The molecule has 0 unspecified atom stereocenters. The molecule has 0 bridgehead atoms. The third-order valence-electron chi connectivity index (χ3n) is 5.00. The summed E-state index contributed by atoms with van der Waals surface area (Å²) >= 11 is 1.47. The first-order valence-corrected chi connectivity index (χ1v) is 10.1. The molecule has 28 heavy (non-hydrogen) atoms. The van der Waals surface area contributed by atoms with Crippen LogP contribution in [0.2, 0.25) is 0 Å². The van der Waals surface area contributed by atoms with Gasteiger partial charge in [0.15, 0.2) is 0 Å². The van der Waals surface area contributed by atoms with Crippen molar-refractivity contribution in [3.63, 3.8) is 0 Å². The Labute approximate surface area is 166 Å². The summed E-state index contributed by atoms with van der Waals surface area (Å²) < 4.78 is 0. The number of carbonyl (C=O) groups excluding carboxylic acids is 1. The third-order valence-corrected chi connectivity index (χ3v) is 6.00. The molecule has 5 rings (SSSR count). The minimum absolute atomic E-state index is 0.174. The quantitative estimate of drug-likeness (QED) is 0.524. The standard InChI is InChI=1S/C22H18N4OS/c1-13-18(20(27)24-22-26-25-21(28-22)15-11-12-15)16-9-5-6-10-17(16)23-19(13)14-7-3-2-4-8-14/h2-10,15H,11-12H2,1H3,(H,24,26,27). The second-order valence-electron chi connectivity index (χ2n) is 7.02. The lowest BCUT2D eigenvalue weighted by Crippen LogP contribution is -2.15. The number of benzene rings is 2. The molecule has 0 saturated heterocycles. The first kappa shape index (κ1) is 17.0. The average Bonchev–Trinajstić information content (AvgIpc) is 3.47. The number of nitrogens with zero attached hydrogens (tertiary/aromatic N) is 3. The molecule has 6 heteroatoms. The van der Waals surface area contributed by atoms with Gasteiger partial charge in [0.05, 0.1) is 16.8 Å². The molecular weight excluding hydrogens is 368 g/mol. The van der Waals surface area contributed by atoms with Gasteiger partial charge in [-0.2, -0.15) is 0 Å². The summed E-state index contributed by atoms with van der Waals surface area (Å²) in [6.07, 6.45) is 2.33. The van der Waals surface area contributed by atoms with Gasteiger partial charge in [0, 0.05) is 16.9 Å². The molecule has 0 radical (unpaired) electrons. The summed E-state index contributed by atoms with van der Waals surface area (Å²) in [6.45, 7) is 1.95. The lowest BCUT2D eigenvalue weighted by atomic mass is 9.97. The molecule has 1 N–H and O–H groups in total. The Balaban J connectivity index is 1.60. The Morgan fingerprint density at radius 3 is 2.57 bits per heavy atom. The van der Waals surface area contributed by atoms with Gasteiger partial charge in [0.2, 0.25) is 5.13 Å². The summed E-state index contributed by atoms with van der Waals surface area (Å²) in [5, 5.41) is 13.7. The molecule has 0 spiro atoms. The van der Waals surface area contributed by atoms with E-state index in [-0.39, 0.29) is 5.91 Å². The maximum atomic E-state index is 13.2. The van der Waals surface area contributed by atoms with E-state index in [1.54, 1.807) is 0 Å². The van der Waals surface area contributed by atoms with Crippen molar-refractivity contribution in [1.29, 1.82) is 0 Å². The smallest absolute Gasteiger partial charge is 0.258 e. The average molecular weight is 386 g/mol. The molecule has 0 atom stereocenters. The molecule has 1 fully saturated rings. The van der Waals surface area contributed by atoms with E-state index in [0.717, 1.165) is 45.6 Å². The van der Waals surface area contributed by atoms with Gasteiger partial charge in [0.1, 0.15) is 5.01 Å². The molecule has 2 aromatic carbocycles. The molecule has 0 aliphatic heterocycles. The van der Waals surface area contributed by atoms with Crippen LogP contribution < -0.4 is 5.32 Å². The number of carbonyl (C=O) groups is 1. The lowest BCUT2D eigenvalue weighted by Gasteiger charge is -2.14. The monoisotopic (exact) mass is 386 g/mol. The fourth-order valence-corrected chi connectivity index (χ4v) is 4.32. The molecule has 2 aromatic heterocycles. The van der Waals surface area contributed by atoms with Gasteiger partial charge < -0.3 is 0 Å². The zero-order chi connectivity index (χ0) is 19.1. The van der Waals surface area contributed by atoms with Gasteiger partial charge in [-0.1, -0.05) is 59.9 Å². The number of anilines is 1. The largest absolute Gasteiger partial charge is 0.296 e. The zero-order valence-electron chi connectivity index (χ0n) is 15.3. The SMILES string of the molecule is Cc1c(-c2ccccc2)nc2ccccc2c1C(=O)Nc1nnc(C2CC2)s1. The molecule has 1 aliphatic carbocycles. The van der Waals surface area contributed by atoms with E-state index in [1.165, 1.54) is 11.3 Å². The number of para-hydroxylation sites is 1. The Morgan fingerprint density at radius 1 is 1.04 bits per heavy atom. The van der Waals surface area contributed by atoms with Crippen molar-refractivity contribution in [1.82, 2.24) is 15.2 Å². The van der Waals surface area contributed by atoms with Crippen LogP contribution in [0.5, 0.6) is 0 Å². The molecule has 1 saturated carbocycles. The highest BCUT2D eigenvalue weighted by Gasteiger charge is 2.28. The van der Waals surface area contributed by atoms with Gasteiger partial charge in [-0.15, -0.1) is 10.2 Å². The Morgan fingerprint density at radius 2 is 1.79 bits per heavy atom. The summed E-state index contributed by atoms with van der Waals surface area (Å²) in [4.78, 5) is 18.1. The number of amides is 1. The van der Waals surface area contributed by atoms with Crippen molar-refractivity contribution in [2.24, 2.45) is 0 Å². The maximum absolute atomic E-state index is 13.2. The number of hydrogen-bond donors (Lipinski definition) is 1. The highest BCUT2D eigenvalue weighted by atomic mass is 32.1. The van der Waals surface area contributed by atoms with E-state index in [0.29, 0.717) is 16.6 Å². The van der Waals surface area contributed by atoms with E-state index >= 15 is 0 Å². The van der Waals surface area contributed by atoms with Gasteiger partial charge in [0.25, 0.3) is 5.91 Å². The highest BCUT2D eigenvalue weighted by Crippen LogP contribution is 2.42. The predicted molar refractivity (Wildman–Crippen MR) is 112 cm³/mol. The minimum atomic E-state index is -0.174. The summed E-state index contributed by atoms with van der Waals surface area (Å²) in [6, 6.07) is 17.7. The van der Waals surface area contributed by atoms with Crippen molar-refractivity contribution < 1.29 is 4.79 Å². The van der Waals surface area contributed by atoms with Crippen LogP contribution in [0, 0.1) is 6.92 Å². The number of aromatic nitrogens is 3.